The van der Waals surface area contributed by atoms with Gasteiger partial charge in [0.25, 0.3) is 0 Å². The molecule has 0 fully saturated rings. The second kappa shape index (κ2) is 5.89. The number of benzene rings is 1. The highest BCUT2D eigenvalue weighted by Gasteiger charge is 2.15. The molecule has 0 aromatic heterocycles. The zero-order valence-electron chi connectivity index (χ0n) is 9.79. The van der Waals surface area contributed by atoms with Crippen LogP contribution in [0.15, 0.2) is 18.2 Å². The third kappa shape index (κ3) is 2.98. The van der Waals surface area contributed by atoms with Gasteiger partial charge in [-0.15, -0.1) is 0 Å². The molecular formula is C12H16FNOS. The van der Waals surface area contributed by atoms with E-state index in [-0.39, 0.29) is 11.6 Å². The first-order valence-electron chi connectivity index (χ1n) is 5.07. The van der Waals surface area contributed by atoms with E-state index < -0.39 is 0 Å². The molecule has 88 valence electrons. The van der Waals surface area contributed by atoms with Crippen LogP contribution in [0.25, 0.3) is 0 Å². The average Bonchev–Trinajstić information content (AvgIpc) is 2.25. The zero-order chi connectivity index (χ0) is 12.1. The quantitative estimate of drug-likeness (QED) is 0.739. The van der Waals surface area contributed by atoms with Crippen molar-refractivity contribution in [1.29, 1.82) is 0 Å². The summed E-state index contributed by atoms with van der Waals surface area (Å²) < 4.78 is 13.7. The van der Waals surface area contributed by atoms with Gasteiger partial charge < -0.3 is 4.90 Å². The van der Waals surface area contributed by atoms with Crippen LogP contribution in [-0.4, -0.2) is 31.4 Å². The summed E-state index contributed by atoms with van der Waals surface area (Å²) in [6.07, 6.45) is 2.00. The average molecular weight is 241 g/mol. The van der Waals surface area contributed by atoms with Gasteiger partial charge >= 0.3 is 0 Å². The van der Waals surface area contributed by atoms with Gasteiger partial charge in [0.15, 0.2) is 5.78 Å². The molecular weight excluding hydrogens is 225 g/mol. The standard InChI is InChI=1S/C12H16FNOS/c1-9(15)10-5-4-6-11(13)12(10)14(2)7-8-16-3/h4-6H,7-8H2,1-3H3. The van der Waals surface area contributed by atoms with E-state index >= 15 is 0 Å². The van der Waals surface area contributed by atoms with Crippen LogP contribution in [0.4, 0.5) is 10.1 Å². The second-order valence-electron chi connectivity index (χ2n) is 3.61. The Hall–Kier alpha value is -1.03. The van der Waals surface area contributed by atoms with Crippen molar-refractivity contribution in [2.75, 3.05) is 30.5 Å². The number of carbonyl (C=O) groups is 1. The number of hydrogen-bond acceptors (Lipinski definition) is 3. The third-order valence-electron chi connectivity index (χ3n) is 2.38. The topological polar surface area (TPSA) is 20.3 Å². The highest BCUT2D eigenvalue weighted by Crippen LogP contribution is 2.24. The molecule has 0 saturated carbocycles. The van der Waals surface area contributed by atoms with E-state index in [0.29, 0.717) is 11.3 Å². The normalized spacial score (nSPS) is 10.2. The maximum atomic E-state index is 13.7. The van der Waals surface area contributed by atoms with Crippen molar-refractivity contribution in [1.82, 2.24) is 0 Å². The lowest BCUT2D eigenvalue weighted by Gasteiger charge is -2.21. The molecule has 0 atom stereocenters. The maximum Gasteiger partial charge on any atom is 0.161 e. The van der Waals surface area contributed by atoms with Crippen LogP contribution in [-0.2, 0) is 0 Å². The molecule has 16 heavy (non-hydrogen) atoms. The van der Waals surface area contributed by atoms with Gasteiger partial charge in [-0.1, -0.05) is 6.07 Å². The van der Waals surface area contributed by atoms with E-state index in [0.717, 1.165) is 12.3 Å². The summed E-state index contributed by atoms with van der Waals surface area (Å²) in [6.45, 7) is 2.18. The Bertz CT molecular complexity index is 381. The number of thioether (sulfide) groups is 1. The van der Waals surface area contributed by atoms with Gasteiger partial charge in [-0.2, -0.15) is 11.8 Å². The highest BCUT2D eigenvalue weighted by atomic mass is 32.2. The molecule has 0 spiro atoms. The summed E-state index contributed by atoms with van der Waals surface area (Å²) in [6, 6.07) is 4.62. The zero-order valence-corrected chi connectivity index (χ0v) is 10.6. The minimum Gasteiger partial charge on any atom is -0.371 e. The van der Waals surface area contributed by atoms with Crippen molar-refractivity contribution in [2.45, 2.75) is 6.92 Å². The Labute approximate surface area is 99.8 Å². The first-order chi connectivity index (χ1) is 7.57. The number of ketones is 1. The van der Waals surface area contributed by atoms with E-state index in [1.54, 1.807) is 35.8 Å². The Kier molecular flexibility index (Phi) is 4.80. The summed E-state index contributed by atoms with van der Waals surface area (Å²) in [4.78, 5) is 13.2. The number of halogens is 1. The molecule has 0 heterocycles. The summed E-state index contributed by atoms with van der Waals surface area (Å²) in [5.41, 5.74) is 0.854. The lowest BCUT2D eigenvalue weighted by atomic mass is 10.1. The molecule has 0 N–H and O–H groups in total. The van der Waals surface area contributed by atoms with Crippen molar-refractivity contribution in [2.24, 2.45) is 0 Å². The molecule has 1 aromatic rings. The van der Waals surface area contributed by atoms with E-state index in [2.05, 4.69) is 0 Å². The summed E-state index contributed by atoms with van der Waals surface area (Å²) >= 11 is 1.70. The first kappa shape index (κ1) is 13.0. The fraction of sp³-hybridized carbons (Fsp3) is 0.417. The molecule has 0 bridgehead atoms. The lowest BCUT2D eigenvalue weighted by molar-refractivity contribution is 0.101. The van der Waals surface area contributed by atoms with Gasteiger partial charge in [0.2, 0.25) is 0 Å². The summed E-state index contributed by atoms with van der Waals surface area (Å²) in [5.74, 6) is 0.462. The lowest BCUT2D eigenvalue weighted by Crippen LogP contribution is -2.23. The molecule has 4 heteroatoms. The fourth-order valence-electron chi connectivity index (χ4n) is 1.53. The molecule has 0 aliphatic carbocycles. The minimum absolute atomic E-state index is 0.106. The van der Waals surface area contributed by atoms with E-state index in [9.17, 15) is 9.18 Å². The number of hydrogen-bond donors (Lipinski definition) is 0. The molecule has 0 saturated heterocycles. The van der Waals surface area contributed by atoms with Gasteiger partial charge in [0.05, 0.1) is 5.69 Å². The predicted octanol–water partition coefficient (Wildman–Crippen LogP) is 2.83. The van der Waals surface area contributed by atoms with E-state index in [1.165, 1.54) is 13.0 Å². The molecule has 0 radical (unpaired) electrons. The summed E-state index contributed by atoms with van der Waals surface area (Å²) in [5, 5.41) is 0. The number of anilines is 1. The van der Waals surface area contributed by atoms with Gasteiger partial charge in [-0.25, -0.2) is 4.39 Å². The van der Waals surface area contributed by atoms with Crippen LogP contribution >= 0.6 is 11.8 Å². The smallest absolute Gasteiger partial charge is 0.161 e. The summed E-state index contributed by atoms with van der Waals surface area (Å²) in [7, 11) is 1.81. The van der Waals surface area contributed by atoms with Crippen LogP contribution in [0.3, 0.4) is 0 Å². The number of Topliss-reactive ketones (excluding diaryl/α,β-unsaturated/α-hetero) is 1. The maximum absolute atomic E-state index is 13.7. The second-order valence-corrected chi connectivity index (χ2v) is 4.59. The Morgan fingerprint density at radius 1 is 1.50 bits per heavy atom. The Morgan fingerprint density at radius 3 is 2.75 bits per heavy atom. The van der Waals surface area contributed by atoms with E-state index in [1.807, 2.05) is 6.26 Å². The first-order valence-corrected chi connectivity index (χ1v) is 6.46. The molecule has 1 rings (SSSR count). The van der Waals surface area contributed by atoms with Crippen molar-refractivity contribution in [3.05, 3.63) is 29.6 Å². The van der Waals surface area contributed by atoms with Gasteiger partial charge in [-0.05, 0) is 25.3 Å². The monoisotopic (exact) mass is 241 g/mol. The molecule has 0 amide bonds. The predicted molar refractivity (Wildman–Crippen MR) is 68.1 cm³/mol. The van der Waals surface area contributed by atoms with Crippen molar-refractivity contribution in [3.63, 3.8) is 0 Å². The van der Waals surface area contributed by atoms with Crippen LogP contribution in [0, 0.1) is 5.82 Å². The molecule has 0 unspecified atom stereocenters. The number of para-hydroxylation sites is 1. The largest absolute Gasteiger partial charge is 0.371 e. The van der Waals surface area contributed by atoms with Gasteiger partial charge in [0, 0.05) is 24.9 Å². The van der Waals surface area contributed by atoms with Gasteiger partial charge in [-0.3, -0.25) is 4.79 Å². The Morgan fingerprint density at radius 2 is 2.19 bits per heavy atom. The SMILES string of the molecule is CSCCN(C)c1c(F)cccc1C(C)=O. The van der Waals surface area contributed by atoms with Gasteiger partial charge in [0.1, 0.15) is 5.82 Å². The van der Waals surface area contributed by atoms with Crippen molar-refractivity contribution >= 4 is 23.2 Å². The number of rotatable bonds is 5. The van der Waals surface area contributed by atoms with Crippen LogP contribution in [0.5, 0.6) is 0 Å². The molecule has 0 aliphatic rings. The van der Waals surface area contributed by atoms with Crippen molar-refractivity contribution < 1.29 is 9.18 Å². The number of carbonyl (C=O) groups excluding carboxylic acids is 1. The molecule has 0 aliphatic heterocycles. The fourth-order valence-corrected chi connectivity index (χ4v) is 1.98. The van der Waals surface area contributed by atoms with Crippen LogP contribution in [0.2, 0.25) is 0 Å². The van der Waals surface area contributed by atoms with Crippen LogP contribution in [0.1, 0.15) is 17.3 Å². The molecule has 2 nitrogen and oxygen atoms in total. The highest BCUT2D eigenvalue weighted by molar-refractivity contribution is 7.98. The van der Waals surface area contributed by atoms with Crippen molar-refractivity contribution in [3.8, 4) is 0 Å². The van der Waals surface area contributed by atoms with E-state index in [4.69, 9.17) is 0 Å². The van der Waals surface area contributed by atoms with Crippen LogP contribution < -0.4 is 4.90 Å². The number of nitrogens with zero attached hydrogens (tertiary/aromatic N) is 1. The molecule has 1 aromatic carbocycles. The minimum atomic E-state index is -0.337. The third-order valence-corrected chi connectivity index (χ3v) is 2.97. The Balaban J connectivity index is 3.04.